The Balaban J connectivity index is 1.80. The van der Waals surface area contributed by atoms with Gasteiger partial charge in [0.05, 0.1) is 12.8 Å². The number of hydrogen-bond donors (Lipinski definition) is 3. The summed E-state index contributed by atoms with van der Waals surface area (Å²) in [6, 6.07) is 0. The smallest absolute Gasteiger partial charge is 0.250 e. The van der Waals surface area contributed by atoms with Crippen molar-refractivity contribution in [3.05, 3.63) is 0 Å². The molecule has 1 aromatic heterocycles. The summed E-state index contributed by atoms with van der Waals surface area (Å²) in [4.78, 5) is 17.9. The molecule has 0 spiro atoms. The van der Waals surface area contributed by atoms with E-state index < -0.39 is 6.10 Å². The zero-order chi connectivity index (χ0) is 16.8. The summed E-state index contributed by atoms with van der Waals surface area (Å²) in [5.41, 5.74) is 2.74. The molecule has 0 radical (unpaired) electrons. The number of aliphatic hydroxyl groups excluding tert-OH is 2. The zero-order valence-electron chi connectivity index (χ0n) is 13.8. The van der Waals surface area contributed by atoms with E-state index in [1.54, 1.807) is 0 Å². The molecule has 0 unspecified atom stereocenters. The largest absolute Gasteiger partial charge is 0.393 e. The van der Waals surface area contributed by atoms with Gasteiger partial charge in [0.1, 0.15) is 6.10 Å². The molecule has 2 saturated heterocycles. The first-order valence-electron chi connectivity index (χ1n) is 8.60. The highest BCUT2D eigenvalue weighted by molar-refractivity contribution is 5.63. The first kappa shape index (κ1) is 16.8. The predicted octanol–water partition coefficient (Wildman–Crippen LogP) is 0.213. The van der Waals surface area contributed by atoms with Crippen LogP contribution < -0.4 is 15.2 Å². The van der Waals surface area contributed by atoms with E-state index in [-0.39, 0.29) is 6.61 Å². The van der Waals surface area contributed by atoms with Gasteiger partial charge in [0.25, 0.3) is 0 Å². The standard InChI is InChI=1S/C15H25N7O2/c23-11-12(24)10-16-20-13-17-14(21-6-2-1-3-7-21)19-15(18-13)22-8-4-5-9-22/h10,12,23-24H,1-9,11H2,(H,17,18,19,20)/b16-10-/t12-/m0/s1. The quantitative estimate of drug-likeness (QED) is 0.500. The topological polar surface area (TPSA) is 110 Å². The van der Waals surface area contributed by atoms with Crippen LogP contribution in [0.25, 0.3) is 0 Å². The fraction of sp³-hybridized carbons (Fsp3) is 0.733. The molecule has 2 aliphatic heterocycles. The molecule has 9 heteroatoms. The van der Waals surface area contributed by atoms with E-state index in [4.69, 9.17) is 5.11 Å². The molecule has 2 fully saturated rings. The average Bonchev–Trinajstić information content (AvgIpc) is 3.17. The van der Waals surface area contributed by atoms with Gasteiger partial charge in [0, 0.05) is 26.2 Å². The number of aromatic nitrogens is 3. The van der Waals surface area contributed by atoms with E-state index in [0.29, 0.717) is 17.8 Å². The molecule has 0 aromatic carbocycles. The molecule has 9 nitrogen and oxygen atoms in total. The van der Waals surface area contributed by atoms with Gasteiger partial charge in [-0.25, -0.2) is 5.43 Å². The number of piperidine rings is 1. The molecule has 0 saturated carbocycles. The SMILES string of the molecule is OC[C@@H](O)/C=N\Nc1nc(N2CCCCC2)nc(N2CCCC2)n1. The number of hydrazone groups is 1. The van der Waals surface area contributed by atoms with Crippen molar-refractivity contribution in [2.24, 2.45) is 5.10 Å². The Hall–Kier alpha value is -2.00. The second-order valence-corrected chi connectivity index (χ2v) is 6.14. The molecule has 132 valence electrons. The lowest BCUT2D eigenvalue weighted by Crippen LogP contribution is -2.32. The van der Waals surface area contributed by atoms with Crippen molar-refractivity contribution in [3.8, 4) is 0 Å². The average molecular weight is 335 g/mol. The Bertz CT molecular complexity index is 557. The lowest BCUT2D eigenvalue weighted by Gasteiger charge is -2.27. The minimum atomic E-state index is -1.00. The molecule has 24 heavy (non-hydrogen) atoms. The van der Waals surface area contributed by atoms with Crippen molar-refractivity contribution in [3.63, 3.8) is 0 Å². The van der Waals surface area contributed by atoms with Gasteiger partial charge in [-0.15, -0.1) is 0 Å². The van der Waals surface area contributed by atoms with Crippen LogP contribution >= 0.6 is 0 Å². The Morgan fingerprint density at radius 1 is 0.958 bits per heavy atom. The van der Waals surface area contributed by atoms with Crippen molar-refractivity contribution in [1.29, 1.82) is 0 Å². The van der Waals surface area contributed by atoms with Crippen LogP contribution in [0.5, 0.6) is 0 Å². The van der Waals surface area contributed by atoms with Crippen LogP contribution in [0.15, 0.2) is 5.10 Å². The van der Waals surface area contributed by atoms with Crippen LogP contribution in [0.1, 0.15) is 32.1 Å². The molecular weight excluding hydrogens is 310 g/mol. The van der Waals surface area contributed by atoms with Crippen LogP contribution in [0.4, 0.5) is 17.8 Å². The number of nitrogens with zero attached hydrogens (tertiary/aromatic N) is 6. The Morgan fingerprint density at radius 3 is 2.04 bits per heavy atom. The summed E-state index contributed by atoms with van der Waals surface area (Å²) in [6.45, 7) is 3.44. The van der Waals surface area contributed by atoms with Gasteiger partial charge in [-0.3, -0.25) is 0 Å². The van der Waals surface area contributed by atoms with Crippen LogP contribution in [0, 0.1) is 0 Å². The van der Waals surface area contributed by atoms with E-state index in [1.165, 1.54) is 12.6 Å². The third kappa shape index (κ3) is 4.30. The van der Waals surface area contributed by atoms with Gasteiger partial charge in [0.2, 0.25) is 17.8 Å². The maximum Gasteiger partial charge on any atom is 0.250 e. The molecule has 3 heterocycles. The van der Waals surface area contributed by atoms with Crippen LogP contribution in [0.2, 0.25) is 0 Å². The van der Waals surface area contributed by atoms with Gasteiger partial charge in [0.15, 0.2) is 0 Å². The second-order valence-electron chi connectivity index (χ2n) is 6.14. The van der Waals surface area contributed by atoms with Gasteiger partial charge in [-0.2, -0.15) is 20.1 Å². The van der Waals surface area contributed by atoms with E-state index in [1.807, 2.05) is 0 Å². The molecule has 1 aromatic rings. The molecule has 3 N–H and O–H groups in total. The minimum Gasteiger partial charge on any atom is -0.393 e. The van der Waals surface area contributed by atoms with Crippen LogP contribution in [-0.4, -0.2) is 70.3 Å². The molecule has 0 amide bonds. The van der Waals surface area contributed by atoms with Gasteiger partial charge in [-0.05, 0) is 32.1 Å². The van der Waals surface area contributed by atoms with E-state index >= 15 is 0 Å². The maximum atomic E-state index is 9.31. The first-order chi connectivity index (χ1) is 11.8. The summed E-state index contributed by atoms with van der Waals surface area (Å²) >= 11 is 0. The van der Waals surface area contributed by atoms with Crippen LogP contribution in [-0.2, 0) is 0 Å². The molecule has 0 bridgehead atoms. The first-order valence-corrected chi connectivity index (χ1v) is 8.60. The lowest BCUT2D eigenvalue weighted by atomic mass is 10.1. The minimum absolute atomic E-state index is 0.355. The van der Waals surface area contributed by atoms with Gasteiger partial charge < -0.3 is 20.0 Å². The zero-order valence-corrected chi connectivity index (χ0v) is 13.8. The fourth-order valence-corrected chi connectivity index (χ4v) is 2.93. The molecule has 3 rings (SSSR count). The van der Waals surface area contributed by atoms with Crippen molar-refractivity contribution in [1.82, 2.24) is 15.0 Å². The van der Waals surface area contributed by atoms with Crippen molar-refractivity contribution in [2.75, 3.05) is 48.0 Å². The maximum absolute atomic E-state index is 9.31. The highest BCUT2D eigenvalue weighted by Crippen LogP contribution is 2.22. The third-order valence-electron chi connectivity index (χ3n) is 4.24. The summed E-state index contributed by atoms with van der Waals surface area (Å²) in [7, 11) is 0. The highest BCUT2D eigenvalue weighted by atomic mass is 16.3. The van der Waals surface area contributed by atoms with Crippen LogP contribution in [0.3, 0.4) is 0 Å². The summed E-state index contributed by atoms with van der Waals surface area (Å²) in [5, 5.41) is 22.0. The Kier molecular flexibility index (Phi) is 5.76. The highest BCUT2D eigenvalue weighted by Gasteiger charge is 2.20. The monoisotopic (exact) mass is 335 g/mol. The summed E-state index contributed by atoms with van der Waals surface area (Å²) in [6.07, 6.45) is 6.05. The van der Waals surface area contributed by atoms with Gasteiger partial charge in [-0.1, -0.05) is 0 Å². The molecular formula is C15H25N7O2. The molecule has 1 atom stereocenters. The third-order valence-corrected chi connectivity index (χ3v) is 4.24. The van der Waals surface area contributed by atoms with E-state index in [9.17, 15) is 5.11 Å². The number of rotatable bonds is 6. The fourth-order valence-electron chi connectivity index (χ4n) is 2.93. The Labute approximate surface area is 141 Å². The summed E-state index contributed by atoms with van der Waals surface area (Å²) in [5.74, 6) is 1.70. The normalized spacial score (nSPS) is 19.9. The molecule has 2 aliphatic rings. The predicted molar refractivity (Wildman–Crippen MR) is 92.5 cm³/mol. The number of hydrogen-bond acceptors (Lipinski definition) is 9. The summed E-state index contributed by atoms with van der Waals surface area (Å²) < 4.78 is 0. The van der Waals surface area contributed by atoms with Crippen molar-refractivity contribution >= 4 is 24.1 Å². The van der Waals surface area contributed by atoms with Gasteiger partial charge >= 0.3 is 0 Å². The van der Waals surface area contributed by atoms with Crippen molar-refractivity contribution < 1.29 is 10.2 Å². The lowest BCUT2D eigenvalue weighted by molar-refractivity contribution is 0.148. The van der Waals surface area contributed by atoms with Crippen molar-refractivity contribution in [2.45, 2.75) is 38.2 Å². The Morgan fingerprint density at radius 2 is 1.50 bits per heavy atom. The number of aliphatic hydroxyl groups is 2. The molecule has 0 aliphatic carbocycles. The number of anilines is 3. The second kappa shape index (κ2) is 8.20. The number of nitrogens with one attached hydrogen (secondary N) is 1. The van der Waals surface area contributed by atoms with E-state index in [0.717, 1.165) is 51.9 Å². The van der Waals surface area contributed by atoms with E-state index in [2.05, 4.69) is 35.3 Å².